The first-order valence-electron chi connectivity index (χ1n) is 6.73. The molecule has 0 aromatic heterocycles. The van der Waals surface area contributed by atoms with Crippen LogP contribution in [0.5, 0.6) is 0 Å². The lowest BCUT2D eigenvalue weighted by Gasteiger charge is -2.36. The molecule has 0 radical (unpaired) electrons. The average Bonchev–Trinajstić information content (AvgIpc) is 2.31. The second kappa shape index (κ2) is 7.24. The summed E-state index contributed by atoms with van der Waals surface area (Å²) >= 11 is 0. The first-order chi connectivity index (χ1) is 7.31. The van der Waals surface area contributed by atoms with Crippen molar-refractivity contribution in [2.45, 2.75) is 64.5 Å². The van der Waals surface area contributed by atoms with Crippen LogP contribution in [0.2, 0.25) is 0 Å². The van der Waals surface area contributed by atoms with Crippen molar-refractivity contribution in [2.75, 3.05) is 20.1 Å². The zero-order valence-corrected chi connectivity index (χ0v) is 10.8. The molecule has 0 bridgehead atoms. The van der Waals surface area contributed by atoms with Crippen LogP contribution in [-0.2, 0) is 0 Å². The maximum absolute atomic E-state index is 3.41. The Kier molecular flexibility index (Phi) is 6.26. The van der Waals surface area contributed by atoms with Crippen molar-refractivity contribution in [1.29, 1.82) is 0 Å². The predicted octanol–water partition coefficient (Wildman–Crippen LogP) is 2.64. The van der Waals surface area contributed by atoms with Gasteiger partial charge in [0, 0.05) is 12.1 Å². The molecular formula is C13H28N2. The summed E-state index contributed by atoms with van der Waals surface area (Å²) in [5, 5.41) is 3.41. The minimum atomic E-state index is 0.783. The Bertz CT molecular complexity index is 151. The highest BCUT2D eigenvalue weighted by Gasteiger charge is 2.23. The van der Waals surface area contributed by atoms with E-state index in [1.807, 2.05) is 0 Å². The van der Waals surface area contributed by atoms with E-state index in [4.69, 9.17) is 0 Å². The molecule has 15 heavy (non-hydrogen) atoms. The summed E-state index contributed by atoms with van der Waals surface area (Å²) in [4.78, 5) is 2.69. The van der Waals surface area contributed by atoms with Crippen LogP contribution in [0.4, 0.5) is 0 Å². The van der Waals surface area contributed by atoms with Crippen molar-refractivity contribution in [1.82, 2.24) is 10.2 Å². The molecule has 1 aliphatic rings. The third kappa shape index (κ3) is 4.12. The fourth-order valence-corrected chi connectivity index (χ4v) is 2.69. The van der Waals surface area contributed by atoms with Crippen LogP contribution in [-0.4, -0.2) is 37.1 Å². The summed E-state index contributed by atoms with van der Waals surface area (Å²) < 4.78 is 0. The zero-order valence-electron chi connectivity index (χ0n) is 10.8. The molecule has 0 heterocycles. The Hall–Kier alpha value is -0.0800. The SMILES string of the molecule is CCCCN(CC)C1CCC(NC)CC1. The van der Waals surface area contributed by atoms with Crippen LogP contribution < -0.4 is 5.32 Å². The highest BCUT2D eigenvalue weighted by Crippen LogP contribution is 2.23. The van der Waals surface area contributed by atoms with E-state index in [9.17, 15) is 0 Å². The summed E-state index contributed by atoms with van der Waals surface area (Å²) in [5.41, 5.74) is 0. The van der Waals surface area contributed by atoms with Gasteiger partial charge in [-0.15, -0.1) is 0 Å². The van der Waals surface area contributed by atoms with Gasteiger partial charge in [0.1, 0.15) is 0 Å². The summed E-state index contributed by atoms with van der Waals surface area (Å²) in [7, 11) is 2.10. The monoisotopic (exact) mass is 212 g/mol. The molecule has 0 atom stereocenters. The number of nitrogens with one attached hydrogen (secondary N) is 1. The van der Waals surface area contributed by atoms with E-state index in [-0.39, 0.29) is 0 Å². The molecule has 0 unspecified atom stereocenters. The molecule has 90 valence electrons. The standard InChI is InChI=1S/C13H28N2/c1-4-6-11-15(5-2)13-9-7-12(14-3)8-10-13/h12-14H,4-11H2,1-3H3. The van der Waals surface area contributed by atoms with Crippen molar-refractivity contribution in [3.8, 4) is 0 Å². The van der Waals surface area contributed by atoms with E-state index in [1.165, 1.54) is 51.6 Å². The Labute approximate surface area is 95.4 Å². The van der Waals surface area contributed by atoms with Gasteiger partial charge < -0.3 is 10.2 Å². The number of nitrogens with zero attached hydrogens (tertiary/aromatic N) is 1. The molecule has 2 heteroatoms. The normalized spacial score (nSPS) is 27.2. The van der Waals surface area contributed by atoms with E-state index in [2.05, 4.69) is 31.1 Å². The Morgan fingerprint density at radius 2 is 1.80 bits per heavy atom. The van der Waals surface area contributed by atoms with Crippen molar-refractivity contribution in [3.05, 3.63) is 0 Å². The minimum absolute atomic E-state index is 0.783. The third-order valence-corrected chi connectivity index (χ3v) is 3.83. The second-order valence-electron chi connectivity index (χ2n) is 4.78. The molecule has 2 nitrogen and oxygen atoms in total. The third-order valence-electron chi connectivity index (χ3n) is 3.83. The molecule has 0 spiro atoms. The molecule has 1 saturated carbocycles. The van der Waals surface area contributed by atoms with Gasteiger partial charge in [-0.25, -0.2) is 0 Å². The van der Waals surface area contributed by atoms with Gasteiger partial charge in [-0.3, -0.25) is 0 Å². The Morgan fingerprint density at radius 3 is 2.27 bits per heavy atom. The van der Waals surface area contributed by atoms with Gasteiger partial charge in [-0.1, -0.05) is 20.3 Å². The lowest BCUT2D eigenvalue weighted by molar-refractivity contribution is 0.150. The molecule has 1 rings (SSSR count). The highest BCUT2D eigenvalue weighted by molar-refractivity contribution is 4.81. The summed E-state index contributed by atoms with van der Waals surface area (Å²) in [6, 6.07) is 1.65. The Balaban J connectivity index is 2.29. The van der Waals surface area contributed by atoms with Crippen LogP contribution in [0.15, 0.2) is 0 Å². The van der Waals surface area contributed by atoms with Gasteiger partial charge in [0.05, 0.1) is 0 Å². The maximum atomic E-state index is 3.41. The van der Waals surface area contributed by atoms with Crippen molar-refractivity contribution in [3.63, 3.8) is 0 Å². The molecule has 1 aliphatic carbocycles. The lowest BCUT2D eigenvalue weighted by Crippen LogP contribution is -2.42. The first-order valence-corrected chi connectivity index (χ1v) is 6.73. The van der Waals surface area contributed by atoms with Gasteiger partial charge in [0.25, 0.3) is 0 Å². The molecule has 0 aromatic rings. The quantitative estimate of drug-likeness (QED) is 0.728. The average molecular weight is 212 g/mol. The second-order valence-corrected chi connectivity index (χ2v) is 4.78. The molecule has 1 N–H and O–H groups in total. The number of unbranched alkanes of at least 4 members (excludes halogenated alkanes) is 1. The molecule has 0 aromatic carbocycles. The van der Waals surface area contributed by atoms with Gasteiger partial charge in [0.2, 0.25) is 0 Å². The summed E-state index contributed by atoms with van der Waals surface area (Å²) in [6.07, 6.45) is 8.20. The molecule has 0 saturated heterocycles. The van der Waals surface area contributed by atoms with Crippen LogP contribution in [0, 0.1) is 0 Å². The zero-order chi connectivity index (χ0) is 11.1. The minimum Gasteiger partial charge on any atom is -0.317 e. The van der Waals surface area contributed by atoms with Gasteiger partial charge in [-0.2, -0.15) is 0 Å². The van der Waals surface area contributed by atoms with Crippen molar-refractivity contribution in [2.24, 2.45) is 0 Å². The number of rotatable bonds is 6. The predicted molar refractivity (Wildman–Crippen MR) is 67.3 cm³/mol. The Morgan fingerprint density at radius 1 is 1.13 bits per heavy atom. The van der Waals surface area contributed by atoms with E-state index in [1.54, 1.807) is 0 Å². The van der Waals surface area contributed by atoms with Crippen LogP contribution in [0.1, 0.15) is 52.4 Å². The smallest absolute Gasteiger partial charge is 0.00962 e. The van der Waals surface area contributed by atoms with E-state index >= 15 is 0 Å². The van der Waals surface area contributed by atoms with Crippen molar-refractivity contribution >= 4 is 0 Å². The van der Waals surface area contributed by atoms with Crippen molar-refractivity contribution < 1.29 is 0 Å². The first kappa shape index (κ1) is 13.0. The topological polar surface area (TPSA) is 15.3 Å². The van der Waals surface area contributed by atoms with Crippen LogP contribution in [0.25, 0.3) is 0 Å². The molecule has 1 fully saturated rings. The largest absolute Gasteiger partial charge is 0.317 e. The number of hydrogen-bond donors (Lipinski definition) is 1. The van der Waals surface area contributed by atoms with Gasteiger partial charge >= 0.3 is 0 Å². The molecule has 0 aliphatic heterocycles. The summed E-state index contributed by atoms with van der Waals surface area (Å²) in [5.74, 6) is 0. The summed E-state index contributed by atoms with van der Waals surface area (Å²) in [6.45, 7) is 7.13. The lowest BCUT2D eigenvalue weighted by atomic mass is 9.90. The van der Waals surface area contributed by atoms with E-state index < -0.39 is 0 Å². The van der Waals surface area contributed by atoms with Gasteiger partial charge in [0.15, 0.2) is 0 Å². The fourth-order valence-electron chi connectivity index (χ4n) is 2.69. The molecule has 0 amide bonds. The van der Waals surface area contributed by atoms with E-state index in [0.29, 0.717) is 0 Å². The molecular weight excluding hydrogens is 184 g/mol. The van der Waals surface area contributed by atoms with E-state index in [0.717, 1.165) is 12.1 Å². The number of hydrogen-bond acceptors (Lipinski definition) is 2. The maximum Gasteiger partial charge on any atom is 0.00962 e. The fraction of sp³-hybridized carbons (Fsp3) is 1.00. The van der Waals surface area contributed by atoms with Crippen LogP contribution >= 0.6 is 0 Å². The van der Waals surface area contributed by atoms with Gasteiger partial charge in [-0.05, 0) is 52.2 Å². The highest BCUT2D eigenvalue weighted by atomic mass is 15.1. The van der Waals surface area contributed by atoms with Crippen LogP contribution in [0.3, 0.4) is 0 Å².